The summed E-state index contributed by atoms with van der Waals surface area (Å²) in [4.78, 5) is 52.1. The van der Waals surface area contributed by atoms with E-state index in [0.717, 1.165) is 9.91 Å². The Labute approximate surface area is 185 Å². The number of hydrogen-bond donors (Lipinski definition) is 1. The van der Waals surface area contributed by atoms with Crippen molar-refractivity contribution < 1.29 is 28.7 Å². The Bertz CT molecular complexity index is 1010. The first-order valence-corrected chi connectivity index (χ1v) is 10.1. The molecule has 3 rings (SSSR count). The van der Waals surface area contributed by atoms with Crippen molar-refractivity contribution in [3.63, 3.8) is 0 Å². The van der Waals surface area contributed by atoms with Gasteiger partial charge in [0.15, 0.2) is 6.61 Å². The van der Waals surface area contributed by atoms with Crippen LogP contribution in [0.5, 0.6) is 11.5 Å². The molecule has 1 atom stereocenters. The number of para-hydroxylation sites is 1. The molecule has 1 heterocycles. The maximum atomic E-state index is 13.1. The zero-order chi connectivity index (χ0) is 23.3. The summed E-state index contributed by atoms with van der Waals surface area (Å²) in [6, 6.07) is 14.0. The number of nitrogens with zero attached hydrogens (tertiary/aromatic N) is 2. The minimum Gasteiger partial charge on any atom is -0.497 e. The van der Waals surface area contributed by atoms with Crippen LogP contribution in [0, 0.1) is 5.92 Å². The molecule has 1 aliphatic heterocycles. The van der Waals surface area contributed by atoms with E-state index >= 15 is 0 Å². The fourth-order valence-corrected chi connectivity index (χ4v) is 3.24. The quantitative estimate of drug-likeness (QED) is 0.522. The van der Waals surface area contributed by atoms with Gasteiger partial charge in [-0.1, -0.05) is 38.1 Å². The molecule has 9 heteroatoms. The van der Waals surface area contributed by atoms with Gasteiger partial charge in [-0.3, -0.25) is 24.6 Å². The Hall–Kier alpha value is -3.88. The maximum Gasteiger partial charge on any atom is 0.276 e. The highest BCUT2D eigenvalue weighted by atomic mass is 16.5. The summed E-state index contributed by atoms with van der Waals surface area (Å²) >= 11 is 0. The van der Waals surface area contributed by atoms with E-state index in [2.05, 4.69) is 5.43 Å². The molecular formula is C23H25N3O6. The molecule has 0 spiro atoms. The van der Waals surface area contributed by atoms with Gasteiger partial charge in [0.2, 0.25) is 11.8 Å². The standard InChI is InChI=1S/C23H25N3O6/c1-15(2)22(29)26(24-20(27)14-32-17-9-5-4-6-10-17)19-13-21(28)25(23(19)30)16-8-7-11-18(12-16)31-3/h4-12,15,19H,13-14H2,1-3H3,(H,24,27). The number of benzene rings is 2. The number of anilines is 1. The number of ether oxygens (including phenoxy) is 2. The number of hydrazine groups is 1. The molecule has 168 valence electrons. The molecule has 0 aromatic heterocycles. The average Bonchev–Trinajstić information content (AvgIpc) is 3.09. The topological polar surface area (TPSA) is 105 Å². The number of carbonyl (C=O) groups is 4. The van der Waals surface area contributed by atoms with Crippen molar-refractivity contribution in [1.82, 2.24) is 10.4 Å². The van der Waals surface area contributed by atoms with Crippen molar-refractivity contribution in [3.8, 4) is 11.5 Å². The van der Waals surface area contributed by atoms with E-state index in [0.29, 0.717) is 17.2 Å². The number of amides is 4. The van der Waals surface area contributed by atoms with Gasteiger partial charge in [-0.2, -0.15) is 0 Å². The summed E-state index contributed by atoms with van der Waals surface area (Å²) in [5.41, 5.74) is 2.78. The highest BCUT2D eigenvalue weighted by Crippen LogP contribution is 2.28. The van der Waals surface area contributed by atoms with Crippen molar-refractivity contribution in [2.45, 2.75) is 26.3 Å². The molecule has 1 unspecified atom stereocenters. The lowest BCUT2D eigenvalue weighted by atomic mass is 10.1. The van der Waals surface area contributed by atoms with Gasteiger partial charge in [0, 0.05) is 12.0 Å². The summed E-state index contributed by atoms with van der Waals surface area (Å²) in [6.45, 7) is 2.92. The van der Waals surface area contributed by atoms with Crippen LogP contribution < -0.4 is 19.8 Å². The molecule has 1 N–H and O–H groups in total. The first-order chi connectivity index (χ1) is 15.3. The third-order valence-electron chi connectivity index (χ3n) is 4.84. The van der Waals surface area contributed by atoms with E-state index < -0.39 is 35.6 Å². The van der Waals surface area contributed by atoms with E-state index in [9.17, 15) is 19.2 Å². The summed E-state index contributed by atoms with van der Waals surface area (Å²) in [5.74, 6) is -1.75. The Kier molecular flexibility index (Phi) is 7.09. The smallest absolute Gasteiger partial charge is 0.276 e. The van der Waals surface area contributed by atoms with Gasteiger partial charge in [-0.15, -0.1) is 0 Å². The highest BCUT2D eigenvalue weighted by molar-refractivity contribution is 6.23. The predicted molar refractivity (Wildman–Crippen MR) is 116 cm³/mol. The normalized spacial score (nSPS) is 15.6. The molecule has 0 saturated carbocycles. The number of hydrogen-bond acceptors (Lipinski definition) is 6. The largest absolute Gasteiger partial charge is 0.497 e. The van der Waals surface area contributed by atoms with Crippen molar-refractivity contribution in [1.29, 1.82) is 0 Å². The van der Waals surface area contributed by atoms with Crippen LogP contribution in [0.25, 0.3) is 0 Å². The van der Waals surface area contributed by atoms with Gasteiger partial charge < -0.3 is 9.47 Å². The first kappa shape index (κ1) is 22.8. The van der Waals surface area contributed by atoms with E-state index in [4.69, 9.17) is 9.47 Å². The van der Waals surface area contributed by atoms with Gasteiger partial charge in [-0.25, -0.2) is 9.91 Å². The van der Waals surface area contributed by atoms with E-state index in [1.54, 1.807) is 62.4 Å². The number of methoxy groups -OCH3 is 1. The number of nitrogens with one attached hydrogen (secondary N) is 1. The van der Waals surface area contributed by atoms with Crippen molar-refractivity contribution >= 4 is 29.3 Å². The van der Waals surface area contributed by atoms with Crippen LogP contribution in [0.3, 0.4) is 0 Å². The molecule has 1 saturated heterocycles. The molecule has 0 aliphatic carbocycles. The van der Waals surface area contributed by atoms with Crippen LogP contribution >= 0.6 is 0 Å². The Morgan fingerprint density at radius 3 is 2.44 bits per heavy atom. The summed E-state index contributed by atoms with van der Waals surface area (Å²) in [7, 11) is 1.48. The fraction of sp³-hybridized carbons (Fsp3) is 0.304. The molecule has 1 fully saturated rings. The van der Waals surface area contributed by atoms with Crippen molar-refractivity contribution in [2.75, 3.05) is 18.6 Å². The van der Waals surface area contributed by atoms with Crippen LogP contribution in [0.4, 0.5) is 5.69 Å². The zero-order valence-electron chi connectivity index (χ0n) is 18.1. The lowest BCUT2D eigenvalue weighted by Crippen LogP contribution is -2.56. The van der Waals surface area contributed by atoms with Gasteiger partial charge in [0.25, 0.3) is 11.8 Å². The molecule has 2 aromatic carbocycles. The summed E-state index contributed by atoms with van der Waals surface area (Å²) < 4.78 is 10.6. The minimum absolute atomic E-state index is 0.256. The Morgan fingerprint density at radius 1 is 1.09 bits per heavy atom. The number of imide groups is 1. The maximum absolute atomic E-state index is 13.1. The third kappa shape index (κ3) is 5.05. The fourth-order valence-electron chi connectivity index (χ4n) is 3.24. The van der Waals surface area contributed by atoms with Gasteiger partial charge >= 0.3 is 0 Å². The third-order valence-corrected chi connectivity index (χ3v) is 4.84. The van der Waals surface area contributed by atoms with Crippen LogP contribution in [0.2, 0.25) is 0 Å². The van der Waals surface area contributed by atoms with E-state index in [1.807, 2.05) is 6.07 Å². The Morgan fingerprint density at radius 2 is 1.78 bits per heavy atom. The summed E-state index contributed by atoms with van der Waals surface area (Å²) in [6.07, 6.45) is -0.256. The van der Waals surface area contributed by atoms with Gasteiger partial charge in [-0.05, 0) is 24.3 Å². The molecular weight excluding hydrogens is 414 g/mol. The second kappa shape index (κ2) is 9.95. The molecule has 9 nitrogen and oxygen atoms in total. The average molecular weight is 439 g/mol. The van der Waals surface area contributed by atoms with Crippen LogP contribution in [0.15, 0.2) is 54.6 Å². The second-order valence-electron chi connectivity index (χ2n) is 7.49. The van der Waals surface area contributed by atoms with Gasteiger partial charge in [0.05, 0.1) is 19.2 Å². The van der Waals surface area contributed by atoms with E-state index in [-0.39, 0.29) is 13.0 Å². The molecule has 0 bridgehead atoms. The lowest BCUT2D eigenvalue weighted by Gasteiger charge is -2.29. The van der Waals surface area contributed by atoms with Crippen molar-refractivity contribution in [2.24, 2.45) is 5.92 Å². The number of rotatable bonds is 7. The monoisotopic (exact) mass is 439 g/mol. The van der Waals surface area contributed by atoms with Crippen LogP contribution in [-0.2, 0) is 19.2 Å². The second-order valence-corrected chi connectivity index (χ2v) is 7.49. The van der Waals surface area contributed by atoms with Crippen LogP contribution in [-0.4, -0.2) is 48.4 Å². The van der Waals surface area contributed by atoms with Gasteiger partial charge in [0.1, 0.15) is 17.5 Å². The predicted octanol–water partition coefficient (Wildman–Crippen LogP) is 1.92. The number of carbonyl (C=O) groups excluding carboxylic acids is 4. The molecule has 2 aromatic rings. The lowest BCUT2D eigenvalue weighted by molar-refractivity contribution is -0.150. The Balaban J connectivity index is 1.77. The molecule has 4 amide bonds. The van der Waals surface area contributed by atoms with E-state index in [1.165, 1.54) is 7.11 Å². The molecule has 0 radical (unpaired) electrons. The highest BCUT2D eigenvalue weighted by Gasteiger charge is 2.45. The molecule has 32 heavy (non-hydrogen) atoms. The van der Waals surface area contributed by atoms with Crippen molar-refractivity contribution in [3.05, 3.63) is 54.6 Å². The minimum atomic E-state index is -1.16. The zero-order valence-corrected chi connectivity index (χ0v) is 18.1. The van der Waals surface area contributed by atoms with Crippen LogP contribution in [0.1, 0.15) is 20.3 Å². The molecule has 1 aliphatic rings. The SMILES string of the molecule is COc1cccc(N2C(=O)CC(N(NC(=O)COc3ccccc3)C(=O)C(C)C)C2=O)c1. The first-order valence-electron chi connectivity index (χ1n) is 10.1. The summed E-state index contributed by atoms with van der Waals surface area (Å²) in [5, 5.41) is 0.946.